The van der Waals surface area contributed by atoms with E-state index in [0.29, 0.717) is 25.9 Å². The topological polar surface area (TPSA) is 90.7 Å². The van der Waals surface area contributed by atoms with Crippen LogP contribution in [0.15, 0.2) is 0 Å². The molecule has 2 amide bonds. The van der Waals surface area contributed by atoms with Crippen LogP contribution in [-0.2, 0) is 9.59 Å². The van der Waals surface area contributed by atoms with E-state index in [4.69, 9.17) is 5.73 Å². The smallest absolute Gasteiger partial charge is 0.221 e. The molecule has 2 aliphatic rings. The number of hydrogen-bond acceptors (Lipinski definition) is 5. The molecule has 0 atom stereocenters. The highest BCUT2D eigenvalue weighted by Gasteiger charge is 2.22. The van der Waals surface area contributed by atoms with Crippen LogP contribution in [0, 0.1) is 11.8 Å². The van der Waals surface area contributed by atoms with Crippen molar-refractivity contribution in [1.29, 1.82) is 0 Å². The molecule has 0 bridgehead atoms. The summed E-state index contributed by atoms with van der Waals surface area (Å²) in [5, 5.41) is 5.92. The molecule has 2 fully saturated rings. The average Bonchev–Trinajstić information content (AvgIpc) is 2.82. The van der Waals surface area contributed by atoms with Gasteiger partial charge in [-0.3, -0.25) is 9.59 Å². The van der Waals surface area contributed by atoms with Gasteiger partial charge in [0.25, 0.3) is 0 Å². The summed E-state index contributed by atoms with van der Waals surface area (Å²) in [7, 11) is 0. The van der Waals surface area contributed by atoms with Crippen LogP contribution in [-0.4, -0.2) is 80.5 Å². The van der Waals surface area contributed by atoms with Crippen molar-refractivity contribution < 1.29 is 9.59 Å². The Morgan fingerprint density at radius 2 is 1.25 bits per heavy atom. The monoisotopic (exact) mass is 451 g/mol. The molecular weight excluding hydrogens is 402 g/mol. The maximum Gasteiger partial charge on any atom is 0.221 e. The third kappa shape index (κ3) is 11.6. The lowest BCUT2D eigenvalue weighted by Crippen LogP contribution is -2.37. The molecule has 7 nitrogen and oxygen atoms in total. The molecule has 7 heteroatoms. The van der Waals surface area contributed by atoms with E-state index in [2.05, 4.69) is 27.4 Å². The van der Waals surface area contributed by atoms with Crippen LogP contribution < -0.4 is 16.4 Å². The van der Waals surface area contributed by atoms with Crippen LogP contribution >= 0.6 is 0 Å². The lowest BCUT2D eigenvalue weighted by atomic mass is 9.87. The van der Waals surface area contributed by atoms with E-state index in [9.17, 15) is 9.59 Å². The standard InChI is InChI=1S/C25H49N5O2/c1-2-14-27-24(31)11-20-29-16-7-22(8-17-29)5-3-6-23-9-18-30(19-10-23)21-12-25(32)28-15-4-13-26/h22-23H,2-21,26H2,1H3,(H,27,31)(H,28,32). The normalized spacial score (nSPS) is 19.2. The molecule has 0 aromatic rings. The van der Waals surface area contributed by atoms with Gasteiger partial charge in [-0.15, -0.1) is 0 Å². The van der Waals surface area contributed by atoms with E-state index in [1.165, 1.54) is 44.9 Å². The molecule has 0 radical (unpaired) electrons. The Labute approximate surface area is 196 Å². The zero-order chi connectivity index (χ0) is 23.0. The first-order chi connectivity index (χ1) is 15.6. The van der Waals surface area contributed by atoms with E-state index < -0.39 is 0 Å². The van der Waals surface area contributed by atoms with Crippen molar-refractivity contribution in [3.05, 3.63) is 0 Å². The third-order valence-corrected chi connectivity index (χ3v) is 7.22. The Morgan fingerprint density at radius 1 is 0.781 bits per heavy atom. The summed E-state index contributed by atoms with van der Waals surface area (Å²) in [5.74, 6) is 2.10. The summed E-state index contributed by atoms with van der Waals surface area (Å²) < 4.78 is 0. The first kappa shape index (κ1) is 27.1. The van der Waals surface area contributed by atoms with Gasteiger partial charge in [0.2, 0.25) is 11.8 Å². The maximum atomic E-state index is 11.8. The van der Waals surface area contributed by atoms with Gasteiger partial charge in [0.1, 0.15) is 0 Å². The van der Waals surface area contributed by atoms with Gasteiger partial charge in [-0.05, 0) is 83.1 Å². The fraction of sp³-hybridized carbons (Fsp3) is 0.920. The van der Waals surface area contributed by atoms with E-state index in [-0.39, 0.29) is 11.8 Å². The molecule has 2 saturated heterocycles. The molecule has 2 heterocycles. The van der Waals surface area contributed by atoms with Gasteiger partial charge >= 0.3 is 0 Å². The SMILES string of the molecule is CCCNC(=O)CCN1CCC(CCCC2CCN(CCC(=O)NCCCN)CC2)CC1. The van der Waals surface area contributed by atoms with Crippen molar-refractivity contribution in [2.45, 2.75) is 77.6 Å². The second kappa shape index (κ2) is 16.4. The molecular formula is C25H49N5O2. The summed E-state index contributed by atoms with van der Waals surface area (Å²) in [6.45, 7) is 10.6. The van der Waals surface area contributed by atoms with Crippen molar-refractivity contribution in [3.63, 3.8) is 0 Å². The Hall–Kier alpha value is -1.18. The van der Waals surface area contributed by atoms with Crippen LogP contribution in [0.3, 0.4) is 0 Å². The molecule has 0 aliphatic carbocycles. The minimum Gasteiger partial charge on any atom is -0.356 e. The number of nitrogens with two attached hydrogens (primary N) is 1. The molecule has 0 aromatic heterocycles. The summed E-state index contributed by atoms with van der Waals surface area (Å²) in [5.41, 5.74) is 5.46. The fourth-order valence-corrected chi connectivity index (χ4v) is 4.98. The molecule has 2 rings (SSSR count). The number of rotatable bonds is 15. The second-order valence-electron chi connectivity index (χ2n) is 9.84. The van der Waals surface area contributed by atoms with Crippen molar-refractivity contribution in [3.8, 4) is 0 Å². The fourth-order valence-electron chi connectivity index (χ4n) is 4.98. The Bertz CT molecular complexity index is 514. The summed E-state index contributed by atoms with van der Waals surface area (Å²) in [6, 6.07) is 0. The predicted molar refractivity (Wildman–Crippen MR) is 131 cm³/mol. The van der Waals surface area contributed by atoms with Crippen LogP contribution in [0.5, 0.6) is 0 Å². The van der Waals surface area contributed by atoms with E-state index >= 15 is 0 Å². The van der Waals surface area contributed by atoms with E-state index in [1.807, 2.05) is 0 Å². The highest BCUT2D eigenvalue weighted by Crippen LogP contribution is 2.27. The Morgan fingerprint density at radius 3 is 1.69 bits per heavy atom. The molecule has 0 spiro atoms. The minimum absolute atomic E-state index is 0.159. The van der Waals surface area contributed by atoms with Crippen molar-refractivity contribution >= 4 is 11.8 Å². The molecule has 32 heavy (non-hydrogen) atoms. The molecule has 0 aromatic carbocycles. The first-order valence-corrected chi connectivity index (χ1v) is 13.3. The Kier molecular flexibility index (Phi) is 13.9. The van der Waals surface area contributed by atoms with Gasteiger partial charge in [-0.2, -0.15) is 0 Å². The highest BCUT2D eigenvalue weighted by molar-refractivity contribution is 5.76. The van der Waals surface area contributed by atoms with E-state index in [0.717, 1.165) is 70.5 Å². The van der Waals surface area contributed by atoms with Crippen LogP contribution in [0.1, 0.15) is 77.6 Å². The number of carbonyl (C=O) groups excluding carboxylic acids is 2. The summed E-state index contributed by atoms with van der Waals surface area (Å²) in [4.78, 5) is 28.5. The molecule has 0 unspecified atom stereocenters. The number of likely N-dealkylation sites (tertiary alicyclic amines) is 2. The number of carbonyl (C=O) groups is 2. The molecule has 0 saturated carbocycles. The second-order valence-corrected chi connectivity index (χ2v) is 9.84. The van der Waals surface area contributed by atoms with Gasteiger partial charge in [0.05, 0.1) is 0 Å². The number of nitrogens with zero attached hydrogens (tertiary/aromatic N) is 2. The van der Waals surface area contributed by atoms with E-state index in [1.54, 1.807) is 0 Å². The molecule has 4 N–H and O–H groups in total. The quantitative estimate of drug-likeness (QED) is 0.333. The molecule has 186 valence electrons. The first-order valence-electron chi connectivity index (χ1n) is 13.3. The van der Waals surface area contributed by atoms with Gasteiger partial charge in [0.15, 0.2) is 0 Å². The third-order valence-electron chi connectivity index (χ3n) is 7.22. The summed E-state index contributed by atoms with van der Waals surface area (Å²) in [6.07, 6.45) is 12.4. The Balaban J connectivity index is 1.46. The number of amides is 2. The zero-order valence-electron chi connectivity index (χ0n) is 20.6. The minimum atomic E-state index is 0.159. The van der Waals surface area contributed by atoms with Crippen LogP contribution in [0.4, 0.5) is 0 Å². The average molecular weight is 452 g/mol. The zero-order valence-corrected chi connectivity index (χ0v) is 20.6. The predicted octanol–water partition coefficient (Wildman–Crippen LogP) is 2.35. The van der Waals surface area contributed by atoms with Crippen LogP contribution in [0.2, 0.25) is 0 Å². The van der Waals surface area contributed by atoms with Crippen LogP contribution in [0.25, 0.3) is 0 Å². The van der Waals surface area contributed by atoms with Gasteiger partial charge in [-0.25, -0.2) is 0 Å². The largest absolute Gasteiger partial charge is 0.356 e. The lowest BCUT2D eigenvalue weighted by molar-refractivity contribution is -0.122. The van der Waals surface area contributed by atoms with Gasteiger partial charge in [0, 0.05) is 39.0 Å². The highest BCUT2D eigenvalue weighted by atomic mass is 16.2. The van der Waals surface area contributed by atoms with Gasteiger partial charge < -0.3 is 26.2 Å². The maximum absolute atomic E-state index is 11.8. The number of piperidine rings is 2. The summed E-state index contributed by atoms with van der Waals surface area (Å²) >= 11 is 0. The number of hydrogen-bond donors (Lipinski definition) is 3. The number of nitrogens with one attached hydrogen (secondary N) is 2. The molecule has 2 aliphatic heterocycles. The van der Waals surface area contributed by atoms with Crippen molar-refractivity contribution in [2.75, 3.05) is 58.9 Å². The van der Waals surface area contributed by atoms with Gasteiger partial charge in [-0.1, -0.05) is 26.2 Å². The van der Waals surface area contributed by atoms with Crippen molar-refractivity contribution in [1.82, 2.24) is 20.4 Å². The van der Waals surface area contributed by atoms with Crippen molar-refractivity contribution in [2.24, 2.45) is 17.6 Å². The lowest BCUT2D eigenvalue weighted by Gasteiger charge is -2.33.